The number of esters is 1. The van der Waals surface area contributed by atoms with Crippen LogP contribution < -0.4 is 11.1 Å². The number of nitrogens with two attached hydrogens (primary N) is 1. The Labute approximate surface area is 102 Å². The number of rotatable bonds is 4. The van der Waals surface area contributed by atoms with Gasteiger partial charge in [0.2, 0.25) is 0 Å². The van der Waals surface area contributed by atoms with Crippen molar-refractivity contribution in [1.29, 1.82) is 0 Å². The zero-order chi connectivity index (χ0) is 13.8. The molecule has 18 heavy (non-hydrogen) atoms. The van der Waals surface area contributed by atoms with Crippen LogP contribution in [0, 0.1) is 0 Å². The molecular weight excluding hydrogens is 249 g/mol. The van der Waals surface area contributed by atoms with E-state index in [1.54, 1.807) is 6.92 Å². The maximum atomic E-state index is 12.0. The first-order chi connectivity index (χ1) is 8.33. The Bertz CT molecular complexity index is 433. The Balaban J connectivity index is 2.84. The number of hydrogen-bond donors (Lipinski definition) is 2. The van der Waals surface area contributed by atoms with Crippen molar-refractivity contribution in [3.05, 3.63) is 23.8 Å². The molecule has 1 aromatic carbocycles. The minimum absolute atomic E-state index is 0.0454. The number of alkyl halides is 3. The number of hydrogen-bond acceptors (Lipinski definition) is 4. The highest BCUT2D eigenvalue weighted by atomic mass is 19.4. The van der Waals surface area contributed by atoms with E-state index in [9.17, 15) is 18.0 Å². The van der Waals surface area contributed by atoms with Gasteiger partial charge in [-0.1, -0.05) is 0 Å². The lowest BCUT2D eigenvalue weighted by atomic mass is 10.1. The summed E-state index contributed by atoms with van der Waals surface area (Å²) in [7, 11) is 0. The Kier molecular flexibility index (Phi) is 4.41. The average molecular weight is 262 g/mol. The second-order valence-corrected chi connectivity index (χ2v) is 3.49. The van der Waals surface area contributed by atoms with Crippen LogP contribution in [-0.4, -0.2) is 25.3 Å². The first kappa shape index (κ1) is 14.1. The van der Waals surface area contributed by atoms with Crippen molar-refractivity contribution in [2.45, 2.75) is 13.1 Å². The third-order valence-corrected chi connectivity index (χ3v) is 2.04. The quantitative estimate of drug-likeness (QED) is 0.646. The molecule has 0 aliphatic rings. The first-order valence-corrected chi connectivity index (χ1v) is 5.20. The van der Waals surface area contributed by atoms with E-state index in [0.717, 1.165) is 0 Å². The molecule has 0 heterocycles. The smallest absolute Gasteiger partial charge is 0.405 e. The highest BCUT2D eigenvalue weighted by Gasteiger charge is 2.26. The van der Waals surface area contributed by atoms with Crippen molar-refractivity contribution in [3.8, 4) is 0 Å². The van der Waals surface area contributed by atoms with E-state index in [2.05, 4.69) is 5.32 Å². The highest BCUT2D eigenvalue weighted by Crippen LogP contribution is 2.21. The van der Waals surface area contributed by atoms with Gasteiger partial charge in [-0.2, -0.15) is 13.2 Å². The normalized spacial score (nSPS) is 11.1. The van der Waals surface area contributed by atoms with Crippen molar-refractivity contribution in [3.63, 3.8) is 0 Å². The standard InChI is InChI=1S/C11H13F3N2O2/c1-2-18-10(17)8-5-7(3-4-9(8)15)16-6-11(12,13)14/h3-5,16H,2,6,15H2,1H3. The van der Waals surface area contributed by atoms with E-state index >= 15 is 0 Å². The predicted octanol–water partition coefficient (Wildman–Crippen LogP) is 2.42. The fourth-order valence-corrected chi connectivity index (χ4v) is 1.25. The summed E-state index contributed by atoms with van der Waals surface area (Å²) in [4.78, 5) is 11.5. The number of nitrogen functional groups attached to an aromatic ring is 1. The molecule has 0 spiro atoms. The van der Waals surface area contributed by atoms with Crippen LogP contribution in [0.25, 0.3) is 0 Å². The fraction of sp³-hybridized carbons (Fsp3) is 0.364. The number of ether oxygens (including phenoxy) is 1. The van der Waals surface area contributed by atoms with E-state index in [1.807, 2.05) is 0 Å². The Morgan fingerprint density at radius 3 is 2.67 bits per heavy atom. The summed E-state index contributed by atoms with van der Waals surface area (Å²) in [6.45, 7) is 0.609. The lowest BCUT2D eigenvalue weighted by molar-refractivity contribution is -0.115. The van der Waals surface area contributed by atoms with Gasteiger partial charge in [0, 0.05) is 11.4 Å². The maximum absolute atomic E-state index is 12.0. The summed E-state index contributed by atoms with van der Waals surface area (Å²) in [6.07, 6.45) is -4.33. The summed E-state index contributed by atoms with van der Waals surface area (Å²) < 4.78 is 40.8. The van der Waals surface area contributed by atoms with Gasteiger partial charge in [0.1, 0.15) is 6.54 Å². The van der Waals surface area contributed by atoms with Crippen molar-refractivity contribution in [2.75, 3.05) is 24.2 Å². The SMILES string of the molecule is CCOC(=O)c1cc(NCC(F)(F)F)ccc1N. The molecule has 0 amide bonds. The van der Waals surface area contributed by atoms with Crippen LogP contribution in [0.2, 0.25) is 0 Å². The molecule has 0 bridgehead atoms. The lowest BCUT2D eigenvalue weighted by Crippen LogP contribution is -2.21. The van der Waals surface area contributed by atoms with Crippen molar-refractivity contribution < 1.29 is 22.7 Å². The molecule has 1 aromatic rings. The summed E-state index contributed by atoms with van der Waals surface area (Å²) in [5, 5.41) is 2.16. The Morgan fingerprint density at radius 1 is 1.44 bits per heavy atom. The molecule has 0 fully saturated rings. The molecule has 0 unspecified atom stereocenters. The number of carbonyl (C=O) groups excluding carboxylic acids is 1. The topological polar surface area (TPSA) is 64.3 Å². The third-order valence-electron chi connectivity index (χ3n) is 2.04. The molecule has 1 rings (SSSR count). The zero-order valence-corrected chi connectivity index (χ0v) is 9.67. The van der Waals surface area contributed by atoms with Gasteiger partial charge < -0.3 is 15.8 Å². The zero-order valence-electron chi connectivity index (χ0n) is 9.67. The van der Waals surface area contributed by atoms with Crippen molar-refractivity contribution >= 4 is 17.3 Å². The summed E-state index contributed by atoms with van der Waals surface area (Å²) in [5.74, 6) is -0.661. The van der Waals surface area contributed by atoms with Gasteiger partial charge in [-0.25, -0.2) is 4.79 Å². The molecule has 3 N–H and O–H groups in total. The van der Waals surface area contributed by atoms with Crippen LogP contribution >= 0.6 is 0 Å². The molecule has 0 aliphatic carbocycles. The van der Waals surface area contributed by atoms with E-state index in [0.29, 0.717) is 0 Å². The van der Waals surface area contributed by atoms with Crippen LogP contribution in [0.3, 0.4) is 0 Å². The summed E-state index contributed by atoms with van der Waals surface area (Å²) >= 11 is 0. The average Bonchev–Trinajstić information content (AvgIpc) is 2.27. The molecule has 100 valence electrons. The van der Waals surface area contributed by atoms with Crippen LogP contribution in [0.15, 0.2) is 18.2 Å². The van der Waals surface area contributed by atoms with Crippen LogP contribution in [-0.2, 0) is 4.74 Å². The number of carbonyl (C=O) groups is 1. The maximum Gasteiger partial charge on any atom is 0.405 e. The number of nitrogens with one attached hydrogen (secondary N) is 1. The van der Waals surface area contributed by atoms with Crippen LogP contribution in [0.4, 0.5) is 24.5 Å². The Hall–Kier alpha value is -1.92. The molecule has 0 saturated carbocycles. The molecule has 0 aromatic heterocycles. The van der Waals surface area contributed by atoms with Gasteiger partial charge in [-0.05, 0) is 25.1 Å². The lowest BCUT2D eigenvalue weighted by Gasteiger charge is -2.11. The summed E-state index contributed by atoms with van der Waals surface area (Å²) in [5.41, 5.74) is 5.91. The van der Waals surface area contributed by atoms with E-state index in [-0.39, 0.29) is 23.5 Å². The van der Waals surface area contributed by atoms with E-state index in [4.69, 9.17) is 10.5 Å². The first-order valence-electron chi connectivity index (χ1n) is 5.20. The van der Waals surface area contributed by atoms with E-state index < -0.39 is 18.7 Å². The molecular formula is C11H13F3N2O2. The molecule has 0 radical (unpaired) electrons. The molecule has 4 nitrogen and oxygen atoms in total. The minimum Gasteiger partial charge on any atom is -0.462 e. The second kappa shape index (κ2) is 5.61. The number of anilines is 2. The van der Waals surface area contributed by atoms with Gasteiger partial charge in [0.15, 0.2) is 0 Å². The summed E-state index contributed by atoms with van der Waals surface area (Å²) in [6, 6.07) is 3.95. The second-order valence-electron chi connectivity index (χ2n) is 3.49. The monoisotopic (exact) mass is 262 g/mol. The van der Waals surface area contributed by atoms with Crippen molar-refractivity contribution in [1.82, 2.24) is 0 Å². The molecule has 0 aliphatic heterocycles. The minimum atomic E-state index is -4.33. The Morgan fingerprint density at radius 2 is 2.11 bits per heavy atom. The number of halogens is 3. The van der Waals surface area contributed by atoms with Gasteiger partial charge >= 0.3 is 12.1 Å². The molecule has 0 saturated heterocycles. The predicted molar refractivity (Wildman–Crippen MR) is 61.4 cm³/mol. The largest absolute Gasteiger partial charge is 0.462 e. The van der Waals surface area contributed by atoms with Crippen molar-refractivity contribution in [2.24, 2.45) is 0 Å². The van der Waals surface area contributed by atoms with Gasteiger partial charge in [0.25, 0.3) is 0 Å². The van der Waals surface area contributed by atoms with E-state index in [1.165, 1.54) is 18.2 Å². The van der Waals surface area contributed by atoms with Crippen LogP contribution in [0.1, 0.15) is 17.3 Å². The third kappa shape index (κ3) is 4.15. The van der Waals surface area contributed by atoms with Gasteiger partial charge in [-0.3, -0.25) is 0 Å². The molecule has 0 atom stereocenters. The molecule has 7 heteroatoms. The number of benzene rings is 1. The van der Waals surface area contributed by atoms with Crippen LogP contribution in [0.5, 0.6) is 0 Å². The van der Waals surface area contributed by atoms with Gasteiger partial charge in [0.05, 0.1) is 12.2 Å². The fourth-order valence-electron chi connectivity index (χ4n) is 1.25. The highest BCUT2D eigenvalue weighted by molar-refractivity contribution is 5.96. The van der Waals surface area contributed by atoms with Gasteiger partial charge in [-0.15, -0.1) is 0 Å².